The van der Waals surface area contributed by atoms with Crippen LogP contribution in [0.4, 0.5) is 0 Å². The van der Waals surface area contributed by atoms with Gasteiger partial charge in [0.05, 0.1) is 13.4 Å². The third-order valence-electron chi connectivity index (χ3n) is 3.07. The number of halogens is 1. The van der Waals surface area contributed by atoms with Gasteiger partial charge in [-0.2, -0.15) is 0 Å². The van der Waals surface area contributed by atoms with Crippen LogP contribution in [0.1, 0.15) is 17.7 Å². The molecule has 2 aromatic rings. The van der Waals surface area contributed by atoms with Crippen LogP contribution in [-0.2, 0) is 12.8 Å². The second kappa shape index (κ2) is 6.64. The zero-order chi connectivity index (χ0) is 13.7. The van der Waals surface area contributed by atoms with Gasteiger partial charge in [-0.05, 0) is 48.7 Å². The quantitative estimate of drug-likeness (QED) is 0.881. The SMILES string of the molecule is COc1ccc(Cl)cc1CC(N)CCc1ccco1. The molecule has 1 aromatic heterocycles. The van der Waals surface area contributed by atoms with Crippen LogP contribution in [0.2, 0.25) is 5.02 Å². The average Bonchev–Trinajstić information content (AvgIpc) is 2.90. The highest BCUT2D eigenvalue weighted by Gasteiger charge is 2.10. The van der Waals surface area contributed by atoms with Gasteiger partial charge in [-0.1, -0.05) is 11.6 Å². The summed E-state index contributed by atoms with van der Waals surface area (Å²) in [6, 6.07) is 9.51. The van der Waals surface area contributed by atoms with Crippen LogP contribution in [0.5, 0.6) is 5.75 Å². The summed E-state index contributed by atoms with van der Waals surface area (Å²) in [6.45, 7) is 0. The third-order valence-corrected chi connectivity index (χ3v) is 3.30. The van der Waals surface area contributed by atoms with Gasteiger partial charge in [-0.15, -0.1) is 0 Å². The van der Waals surface area contributed by atoms with Gasteiger partial charge in [0.15, 0.2) is 0 Å². The maximum Gasteiger partial charge on any atom is 0.122 e. The fourth-order valence-corrected chi connectivity index (χ4v) is 2.27. The van der Waals surface area contributed by atoms with Crippen LogP contribution in [0.3, 0.4) is 0 Å². The molecule has 0 aliphatic heterocycles. The van der Waals surface area contributed by atoms with E-state index < -0.39 is 0 Å². The van der Waals surface area contributed by atoms with Gasteiger partial charge in [0.25, 0.3) is 0 Å². The molecular weight excluding hydrogens is 262 g/mol. The van der Waals surface area contributed by atoms with Crippen molar-refractivity contribution in [2.24, 2.45) is 5.73 Å². The maximum absolute atomic E-state index is 6.16. The Morgan fingerprint density at radius 2 is 2.21 bits per heavy atom. The lowest BCUT2D eigenvalue weighted by Gasteiger charge is -2.14. The summed E-state index contributed by atoms with van der Waals surface area (Å²) in [4.78, 5) is 0. The second-order valence-electron chi connectivity index (χ2n) is 4.54. The van der Waals surface area contributed by atoms with Crippen LogP contribution in [0.15, 0.2) is 41.0 Å². The summed E-state index contributed by atoms with van der Waals surface area (Å²) in [5.74, 6) is 1.80. The van der Waals surface area contributed by atoms with E-state index in [9.17, 15) is 0 Å². The molecule has 4 heteroatoms. The highest BCUT2D eigenvalue weighted by Crippen LogP contribution is 2.24. The zero-order valence-corrected chi connectivity index (χ0v) is 11.7. The van der Waals surface area contributed by atoms with Crippen molar-refractivity contribution >= 4 is 11.6 Å². The molecule has 0 saturated carbocycles. The number of ether oxygens (including phenoxy) is 1. The Morgan fingerprint density at radius 1 is 1.37 bits per heavy atom. The smallest absolute Gasteiger partial charge is 0.122 e. The normalized spacial score (nSPS) is 12.4. The summed E-state index contributed by atoms with van der Waals surface area (Å²) in [5, 5.41) is 0.703. The maximum atomic E-state index is 6.16. The van der Waals surface area contributed by atoms with Crippen molar-refractivity contribution in [1.29, 1.82) is 0 Å². The van der Waals surface area contributed by atoms with Crippen LogP contribution < -0.4 is 10.5 Å². The number of hydrogen-bond donors (Lipinski definition) is 1. The number of nitrogens with two attached hydrogens (primary N) is 1. The largest absolute Gasteiger partial charge is 0.496 e. The Bertz CT molecular complexity index is 511. The predicted octanol–water partition coefficient (Wildman–Crippen LogP) is 3.44. The molecule has 0 spiro atoms. The molecular formula is C15H18ClNO2. The van der Waals surface area contributed by atoms with Gasteiger partial charge in [-0.25, -0.2) is 0 Å². The lowest BCUT2D eigenvalue weighted by molar-refractivity contribution is 0.406. The zero-order valence-electron chi connectivity index (χ0n) is 10.9. The minimum atomic E-state index is 0.0532. The first-order valence-corrected chi connectivity index (χ1v) is 6.67. The van der Waals surface area contributed by atoms with E-state index in [4.69, 9.17) is 26.5 Å². The number of hydrogen-bond acceptors (Lipinski definition) is 3. The number of benzene rings is 1. The topological polar surface area (TPSA) is 48.4 Å². The second-order valence-corrected chi connectivity index (χ2v) is 4.97. The van der Waals surface area contributed by atoms with Crippen molar-refractivity contribution in [2.75, 3.05) is 7.11 Å². The first-order valence-electron chi connectivity index (χ1n) is 6.29. The molecule has 2 rings (SSSR count). The minimum Gasteiger partial charge on any atom is -0.496 e. The molecule has 0 radical (unpaired) electrons. The van der Waals surface area contributed by atoms with Gasteiger partial charge in [0, 0.05) is 17.5 Å². The summed E-state index contributed by atoms with van der Waals surface area (Å²) >= 11 is 6.00. The molecule has 1 aromatic carbocycles. The number of methoxy groups -OCH3 is 1. The van der Waals surface area contributed by atoms with Crippen LogP contribution >= 0.6 is 11.6 Å². The van der Waals surface area contributed by atoms with E-state index in [0.717, 1.165) is 36.3 Å². The van der Waals surface area contributed by atoms with Crippen LogP contribution in [-0.4, -0.2) is 13.2 Å². The predicted molar refractivity (Wildman–Crippen MR) is 76.7 cm³/mol. The van der Waals surface area contributed by atoms with Gasteiger partial charge in [-0.3, -0.25) is 0 Å². The van der Waals surface area contributed by atoms with Crippen molar-refractivity contribution in [3.8, 4) is 5.75 Å². The molecule has 0 aliphatic rings. The van der Waals surface area contributed by atoms with Crippen LogP contribution in [0, 0.1) is 0 Å². The number of furan rings is 1. The van der Waals surface area contributed by atoms with Gasteiger partial charge in [0.1, 0.15) is 11.5 Å². The Morgan fingerprint density at radius 3 is 2.89 bits per heavy atom. The van der Waals surface area contributed by atoms with E-state index in [1.807, 2.05) is 30.3 Å². The van der Waals surface area contributed by atoms with Crippen molar-refractivity contribution < 1.29 is 9.15 Å². The van der Waals surface area contributed by atoms with E-state index in [0.29, 0.717) is 5.02 Å². The Kier molecular flexibility index (Phi) is 4.88. The van der Waals surface area contributed by atoms with Crippen molar-refractivity contribution in [3.63, 3.8) is 0 Å². The lowest BCUT2D eigenvalue weighted by atomic mass is 10.0. The Labute approximate surface area is 118 Å². The fourth-order valence-electron chi connectivity index (χ4n) is 2.07. The van der Waals surface area contributed by atoms with E-state index in [2.05, 4.69) is 0 Å². The first-order chi connectivity index (χ1) is 9.19. The van der Waals surface area contributed by atoms with Crippen molar-refractivity contribution in [2.45, 2.75) is 25.3 Å². The number of aryl methyl sites for hydroxylation is 1. The van der Waals surface area contributed by atoms with E-state index >= 15 is 0 Å². The Balaban J connectivity index is 1.94. The molecule has 0 saturated heterocycles. The standard InChI is InChI=1S/C15H18ClNO2/c1-18-15-7-4-12(16)9-11(15)10-13(17)5-6-14-3-2-8-19-14/h2-4,7-9,13H,5-6,10,17H2,1H3. The first kappa shape index (κ1) is 14.0. The molecule has 2 N–H and O–H groups in total. The molecule has 102 valence electrons. The molecule has 1 heterocycles. The highest BCUT2D eigenvalue weighted by atomic mass is 35.5. The molecule has 1 atom stereocenters. The summed E-state index contributed by atoms with van der Waals surface area (Å²) in [7, 11) is 1.65. The van der Waals surface area contributed by atoms with Gasteiger partial charge >= 0.3 is 0 Å². The van der Waals surface area contributed by atoms with Crippen molar-refractivity contribution in [1.82, 2.24) is 0 Å². The molecule has 0 amide bonds. The summed E-state index contributed by atoms with van der Waals surface area (Å²) in [6.07, 6.45) is 4.13. The lowest BCUT2D eigenvalue weighted by Crippen LogP contribution is -2.23. The van der Waals surface area contributed by atoms with Gasteiger partial charge < -0.3 is 14.9 Å². The molecule has 0 fully saturated rings. The molecule has 0 bridgehead atoms. The number of rotatable bonds is 6. The average molecular weight is 280 g/mol. The Hall–Kier alpha value is -1.45. The summed E-state index contributed by atoms with van der Waals surface area (Å²) < 4.78 is 10.6. The highest BCUT2D eigenvalue weighted by molar-refractivity contribution is 6.30. The molecule has 1 unspecified atom stereocenters. The van der Waals surface area contributed by atoms with E-state index in [1.54, 1.807) is 13.4 Å². The molecule has 0 aliphatic carbocycles. The monoisotopic (exact) mass is 279 g/mol. The third kappa shape index (κ3) is 4.01. The van der Waals surface area contributed by atoms with Gasteiger partial charge in [0.2, 0.25) is 0 Å². The van der Waals surface area contributed by atoms with E-state index in [-0.39, 0.29) is 6.04 Å². The van der Waals surface area contributed by atoms with Crippen molar-refractivity contribution in [3.05, 3.63) is 52.9 Å². The summed E-state index contributed by atoms with van der Waals surface area (Å²) in [5.41, 5.74) is 7.20. The fraction of sp³-hybridized carbons (Fsp3) is 0.333. The van der Waals surface area contributed by atoms with Crippen LogP contribution in [0.25, 0.3) is 0 Å². The molecule has 3 nitrogen and oxygen atoms in total. The van der Waals surface area contributed by atoms with E-state index in [1.165, 1.54) is 0 Å². The minimum absolute atomic E-state index is 0.0532. The molecule has 19 heavy (non-hydrogen) atoms.